The van der Waals surface area contributed by atoms with E-state index in [2.05, 4.69) is 20.4 Å². The summed E-state index contributed by atoms with van der Waals surface area (Å²) < 4.78 is 9.62. The molecule has 0 atom stereocenters. The zero-order valence-corrected chi connectivity index (χ0v) is 14.6. The zero-order chi connectivity index (χ0) is 17.6. The molecule has 128 valence electrons. The van der Waals surface area contributed by atoms with Crippen LogP contribution in [0.1, 0.15) is 31.3 Å². The first-order chi connectivity index (χ1) is 10.6. The number of nitrogens with one attached hydrogen (secondary N) is 2. The fourth-order valence-corrected chi connectivity index (χ4v) is 2.44. The summed E-state index contributed by atoms with van der Waals surface area (Å²) >= 11 is 1.19. The molecule has 23 heavy (non-hydrogen) atoms. The van der Waals surface area contributed by atoms with Crippen molar-refractivity contribution in [2.24, 2.45) is 0 Å². The van der Waals surface area contributed by atoms with Gasteiger partial charge in [-0.05, 0) is 27.7 Å². The van der Waals surface area contributed by atoms with Crippen molar-refractivity contribution in [2.45, 2.75) is 39.7 Å². The van der Waals surface area contributed by atoms with Crippen LogP contribution in [0.3, 0.4) is 0 Å². The van der Waals surface area contributed by atoms with E-state index >= 15 is 0 Å². The molecule has 0 aliphatic heterocycles. The van der Waals surface area contributed by atoms with E-state index in [1.165, 1.54) is 18.4 Å². The highest BCUT2D eigenvalue weighted by Gasteiger charge is 2.17. The van der Waals surface area contributed by atoms with Gasteiger partial charge < -0.3 is 20.1 Å². The largest absolute Gasteiger partial charge is 0.469 e. The van der Waals surface area contributed by atoms with Crippen LogP contribution in [0.25, 0.3) is 0 Å². The van der Waals surface area contributed by atoms with Crippen molar-refractivity contribution < 1.29 is 23.9 Å². The molecule has 1 aromatic rings. The standard InChI is InChI=1S/C14H21N3O5S/c1-8-9(6-11(19)21-5)23-12(16-8)17-10(18)7-15-13(20)22-14(2,3)4/h6-7H2,1-5H3,(H,15,20)(H,16,17,18). The predicted molar refractivity (Wildman–Crippen MR) is 85.4 cm³/mol. The molecule has 0 radical (unpaired) electrons. The number of thiazole rings is 1. The second kappa shape index (κ2) is 7.91. The smallest absolute Gasteiger partial charge is 0.408 e. The highest BCUT2D eigenvalue weighted by Crippen LogP contribution is 2.23. The van der Waals surface area contributed by atoms with Gasteiger partial charge in [0.1, 0.15) is 12.1 Å². The number of methoxy groups -OCH3 is 1. The first kappa shape index (κ1) is 18.9. The van der Waals surface area contributed by atoms with Crippen LogP contribution in [0.4, 0.5) is 9.93 Å². The fraction of sp³-hybridized carbons (Fsp3) is 0.571. The molecule has 0 bridgehead atoms. The minimum Gasteiger partial charge on any atom is -0.469 e. The Morgan fingerprint density at radius 1 is 1.26 bits per heavy atom. The Hall–Kier alpha value is -2.16. The van der Waals surface area contributed by atoms with Crippen molar-refractivity contribution in [1.29, 1.82) is 0 Å². The van der Waals surface area contributed by atoms with Crippen molar-refractivity contribution in [3.05, 3.63) is 10.6 Å². The molecule has 8 nitrogen and oxygen atoms in total. The molecule has 1 rings (SSSR count). The Bertz CT molecular complexity index is 592. The molecule has 2 amide bonds. The number of nitrogens with zero attached hydrogens (tertiary/aromatic N) is 1. The van der Waals surface area contributed by atoms with E-state index in [1.54, 1.807) is 27.7 Å². The average molecular weight is 343 g/mol. The topological polar surface area (TPSA) is 107 Å². The minimum atomic E-state index is -0.672. The van der Waals surface area contributed by atoms with E-state index in [4.69, 9.17) is 4.74 Å². The van der Waals surface area contributed by atoms with Crippen LogP contribution in [-0.2, 0) is 25.5 Å². The Balaban J connectivity index is 2.50. The molecule has 0 aliphatic carbocycles. The molecule has 0 aliphatic rings. The number of hydrogen-bond donors (Lipinski definition) is 2. The Morgan fingerprint density at radius 3 is 2.48 bits per heavy atom. The Morgan fingerprint density at radius 2 is 1.91 bits per heavy atom. The number of ether oxygens (including phenoxy) is 2. The molecule has 9 heteroatoms. The average Bonchev–Trinajstić information content (AvgIpc) is 2.74. The maximum Gasteiger partial charge on any atom is 0.408 e. The molecule has 0 spiro atoms. The lowest BCUT2D eigenvalue weighted by molar-refractivity contribution is -0.139. The number of aromatic nitrogens is 1. The van der Waals surface area contributed by atoms with Gasteiger partial charge >= 0.3 is 12.1 Å². The van der Waals surface area contributed by atoms with Gasteiger partial charge in [-0.15, -0.1) is 11.3 Å². The number of amides is 2. The van der Waals surface area contributed by atoms with Crippen LogP contribution < -0.4 is 10.6 Å². The second-order valence-electron chi connectivity index (χ2n) is 5.68. The lowest BCUT2D eigenvalue weighted by atomic mass is 10.2. The summed E-state index contributed by atoms with van der Waals surface area (Å²) in [5.41, 5.74) is 0.0197. The molecule has 1 heterocycles. The third-order valence-corrected chi connectivity index (χ3v) is 3.54. The maximum absolute atomic E-state index is 11.8. The van der Waals surface area contributed by atoms with Crippen LogP contribution in [0, 0.1) is 6.92 Å². The quantitative estimate of drug-likeness (QED) is 0.787. The summed E-state index contributed by atoms with van der Waals surface area (Å²) in [4.78, 5) is 39.4. The summed E-state index contributed by atoms with van der Waals surface area (Å²) in [5, 5.41) is 5.27. The third kappa shape index (κ3) is 7.09. The Kier molecular flexibility index (Phi) is 6.49. The lowest BCUT2D eigenvalue weighted by Gasteiger charge is -2.19. The van der Waals surface area contributed by atoms with E-state index in [1.807, 2.05) is 0 Å². The molecule has 0 unspecified atom stereocenters. The zero-order valence-electron chi connectivity index (χ0n) is 13.8. The molecular formula is C14H21N3O5S. The molecule has 2 N–H and O–H groups in total. The number of rotatable bonds is 5. The molecular weight excluding hydrogens is 322 g/mol. The predicted octanol–water partition coefficient (Wildman–Crippen LogP) is 1.63. The number of esters is 1. The summed E-state index contributed by atoms with van der Waals surface area (Å²) in [5.74, 6) is -0.810. The molecule has 1 aromatic heterocycles. The van der Waals surface area contributed by atoms with E-state index in [9.17, 15) is 14.4 Å². The van der Waals surface area contributed by atoms with Crippen molar-refractivity contribution in [3.8, 4) is 0 Å². The number of hydrogen-bond acceptors (Lipinski definition) is 7. The van der Waals surface area contributed by atoms with Gasteiger partial charge in [-0.2, -0.15) is 0 Å². The van der Waals surface area contributed by atoms with Crippen molar-refractivity contribution in [3.63, 3.8) is 0 Å². The normalized spacial score (nSPS) is 10.8. The minimum absolute atomic E-state index is 0.103. The van der Waals surface area contributed by atoms with Crippen LogP contribution in [0.5, 0.6) is 0 Å². The van der Waals surface area contributed by atoms with E-state index in [0.29, 0.717) is 15.7 Å². The first-order valence-corrected chi connectivity index (χ1v) is 7.72. The first-order valence-electron chi connectivity index (χ1n) is 6.90. The van der Waals surface area contributed by atoms with Gasteiger partial charge in [0.25, 0.3) is 0 Å². The van der Waals surface area contributed by atoms with Gasteiger partial charge in [-0.1, -0.05) is 0 Å². The van der Waals surface area contributed by atoms with Crippen LogP contribution in [-0.4, -0.2) is 42.2 Å². The van der Waals surface area contributed by atoms with Gasteiger partial charge in [0.2, 0.25) is 5.91 Å². The van der Waals surface area contributed by atoms with Gasteiger partial charge in [0.15, 0.2) is 5.13 Å². The van der Waals surface area contributed by atoms with Gasteiger partial charge in [0.05, 0.1) is 19.2 Å². The van der Waals surface area contributed by atoms with Crippen molar-refractivity contribution in [2.75, 3.05) is 19.0 Å². The molecule has 0 saturated carbocycles. The van der Waals surface area contributed by atoms with E-state index in [-0.39, 0.29) is 18.9 Å². The highest BCUT2D eigenvalue weighted by atomic mass is 32.1. The maximum atomic E-state index is 11.8. The SMILES string of the molecule is COC(=O)Cc1sc(NC(=O)CNC(=O)OC(C)(C)C)nc1C. The number of alkyl carbamates (subject to hydrolysis) is 1. The van der Waals surface area contributed by atoms with Crippen molar-refractivity contribution in [1.82, 2.24) is 10.3 Å². The summed E-state index contributed by atoms with van der Waals surface area (Å²) in [7, 11) is 1.31. The number of carbonyl (C=O) groups is 3. The lowest BCUT2D eigenvalue weighted by Crippen LogP contribution is -2.37. The van der Waals surface area contributed by atoms with Crippen LogP contribution in [0.2, 0.25) is 0 Å². The number of anilines is 1. The van der Waals surface area contributed by atoms with Crippen LogP contribution >= 0.6 is 11.3 Å². The summed E-state index contributed by atoms with van der Waals surface area (Å²) in [6.45, 7) is 6.69. The molecule has 0 fully saturated rings. The van der Waals surface area contributed by atoms with E-state index in [0.717, 1.165) is 0 Å². The molecule has 0 saturated heterocycles. The number of aryl methyl sites for hydroxylation is 1. The van der Waals surface area contributed by atoms with E-state index < -0.39 is 17.6 Å². The Labute approximate surface area is 138 Å². The number of carbonyl (C=O) groups excluding carboxylic acids is 3. The highest BCUT2D eigenvalue weighted by molar-refractivity contribution is 7.16. The van der Waals surface area contributed by atoms with Gasteiger partial charge in [-0.25, -0.2) is 9.78 Å². The fourth-order valence-electron chi connectivity index (χ4n) is 1.48. The monoisotopic (exact) mass is 343 g/mol. The summed E-state index contributed by atoms with van der Waals surface area (Å²) in [6, 6.07) is 0. The third-order valence-electron chi connectivity index (χ3n) is 2.46. The van der Waals surface area contributed by atoms with Gasteiger partial charge in [-0.3, -0.25) is 9.59 Å². The molecule has 0 aromatic carbocycles. The van der Waals surface area contributed by atoms with Crippen molar-refractivity contribution >= 4 is 34.4 Å². The van der Waals surface area contributed by atoms with Crippen LogP contribution in [0.15, 0.2) is 0 Å². The summed E-state index contributed by atoms with van der Waals surface area (Å²) in [6.07, 6.45) is -0.569. The second-order valence-corrected chi connectivity index (χ2v) is 6.77. The van der Waals surface area contributed by atoms with Gasteiger partial charge in [0, 0.05) is 4.88 Å².